The van der Waals surface area contributed by atoms with Gasteiger partial charge in [-0.15, -0.1) is 11.8 Å². The van der Waals surface area contributed by atoms with Crippen LogP contribution in [-0.4, -0.2) is 65.3 Å². The number of piperidine rings is 1. The van der Waals surface area contributed by atoms with Gasteiger partial charge in [0.25, 0.3) is 0 Å². The molecule has 2 aromatic rings. The molecule has 2 heterocycles. The number of nitrogens with zero attached hydrogens (tertiary/aromatic N) is 1. The van der Waals surface area contributed by atoms with Gasteiger partial charge in [0, 0.05) is 49.4 Å². The Hall–Kier alpha value is -2.68. The molecular weight excluding hydrogens is 445 g/mol. The quantitative estimate of drug-likeness (QED) is 0.674. The summed E-state index contributed by atoms with van der Waals surface area (Å²) in [6.07, 6.45) is 0.841. The number of aliphatic hydroxyl groups excluding tert-OH is 1. The maximum atomic E-state index is 13.0. The predicted octanol–water partition coefficient (Wildman–Crippen LogP) is 3.30. The van der Waals surface area contributed by atoms with Crippen LogP contribution in [0.15, 0.2) is 53.4 Å². The molecule has 0 bridgehead atoms. The number of carbonyl (C=O) groups is 2. The first kappa shape index (κ1) is 22.1. The van der Waals surface area contributed by atoms with Gasteiger partial charge in [0.15, 0.2) is 0 Å². The number of benzene rings is 2. The summed E-state index contributed by atoms with van der Waals surface area (Å²) in [5.41, 5.74) is 0.698. The van der Waals surface area contributed by atoms with Crippen LogP contribution in [0.4, 0.5) is 4.39 Å². The van der Waals surface area contributed by atoms with Crippen LogP contribution in [0.3, 0.4) is 0 Å². The highest BCUT2D eigenvalue weighted by atomic mass is 32.2. The maximum Gasteiger partial charge on any atom is 0.243 e. The lowest BCUT2D eigenvalue weighted by molar-refractivity contribution is -0.111. The van der Waals surface area contributed by atoms with Crippen molar-refractivity contribution < 1.29 is 28.6 Å². The lowest BCUT2D eigenvalue weighted by Gasteiger charge is -2.45. The molecule has 1 saturated heterocycles. The SMILES string of the molecule is O=C1C(=O)c2ccccc2C2=C1SCC1(CCN(C[C@@H](O)COc3ccc(F)cc3)CC1)O2. The van der Waals surface area contributed by atoms with Gasteiger partial charge in [-0.1, -0.05) is 24.3 Å². The molecule has 1 fully saturated rings. The first-order valence-electron chi connectivity index (χ1n) is 11.0. The highest BCUT2D eigenvalue weighted by Gasteiger charge is 2.46. The minimum absolute atomic E-state index is 0.128. The van der Waals surface area contributed by atoms with Crippen molar-refractivity contribution in [2.75, 3.05) is 32.0 Å². The summed E-state index contributed by atoms with van der Waals surface area (Å²) < 4.78 is 25.0. The Balaban J connectivity index is 1.19. The number of likely N-dealkylation sites (tertiary alicyclic amines) is 1. The first-order chi connectivity index (χ1) is 15.9. The fraction of sp³-hybridized carbons (Fsp3) is 0.360. The summed E-state index contributed by atoms with van der Waals surface area (Å²) in [5.74, 6) is 0.396. The van der Waals surface area contributed by atoms with Crippen LogP contribution < -0.4 is 4.74 Å². The van der Waals surface area contributed by atoms with Crippen molar-refractivity contribution >= 4 is 29.1 Å². The van der Waals surface area contributed by atoms with E-state index in [1.807, 2.05) is 12.1 Å². The van der Waals surface area contributed by atoms with Crippen LogP contribution in [0, 0.1) is 5.82 Å². The van der Waals surface area contributed by atoms with Gasteiger partial charge < -0.3 is 19.5 Å². The third-order valence-electron chi connectivity index (χ3n) is 6.33. The number of aliphatic hydroxyl groups is 1. The molecule has 5 rings (SSSR count). The normalized spacial score (nSPS) is 20.8. The average molecular weight is 470 g/mol. The van der Waals surface area contributed by atoms with Crippen LogP contribution >= 0.6 is 11.8 Å². The Morgan fingerprint density at radius 3 is 2.48 bits per heavy atom. The molecule has 2 aromatic carbocycles. The summed E-state index contributed by atoms with van der Waals surface area (Å²) in [7, 11) is 0. The second kappa shape index (κ2) is 8.93. The standard InChI is InChI=1S/C25H24FNO5S/c26-16-5-7-18(8-6-16)31-14-17(28)13-27-11-9-25(10-12-27)15-33-24-22(30)21(29)19-3-1-2-4-20(19)23(24)32-25/h1-8,17,28H,9-15H2/t17-/m1/s1. The van der Waals surface area contributed by atoms with E-state index in [0.29, 0.717) is 39.8 Å². The minimum atomic E-state index is -0.672. The van der Waals surface area contributed by atoms with E-state index in [4.69, 9.17) is 9.47 Å². The highest BCUT2D eigenvalue weighted by molar-refractivity contribution is 8.04. The average Bonchev–Trinajstić information content (AvgIpc) is 2.84. The number of ketones is 2. The van der Waals surface area contributed by atoms with E-state index in [1.165, 1.54) is 36.0 Å². The van der Waals surface area contributed by atoms with Crippen molar-refractivity contribution in [3.05, 3.63) is 70.4 Å². The zero-order valence-corrected chi connectivity index (χ0v) is 18.8. The molecule has 0 saturated carbocycles. The van der Waals surface area contributed by atoms with Crippen molar-refractivity contribution in [3.8, 4) is 5.75 Å². The Kier molecular flexibility index (Phi) is 5.99. The van der Waals surface area contributed by atoms with E-state index >= 15 is 0 Å². The van der Waals surface area contributed by atoms with Crippen molar-refractivity contribution in [3.63, 3.8) is 0 Å². The number of thioether (sulfide) groups is 1. The van der Waals surface area contributed by atoms with E-state index in [-0.39, 0.29) is 12.4 Å². The van der Waals surface area contributed by atoms with E-state index in [1.54, 1.807) is 12.1 Å². The van der Waals surface area contributed by atoms with E-state index in [0.717, 1.165) is 25.9 Å². The number of rotatable bonds is 5. The van der Waals surface area contributed by atoms with Gasteiger partial charge in [0.05, 0.1) is 0 Å². The van der Waals surface area contributed by atoms with Gasteiger partial charge in [-0.25, -0.2) is 4.39 Å². The first-order valence-corrected chi connectivity index (χ1v) is 12.0. The number of halogens is 1. The third kappa shape index (κ3) is 4.43. The molecule has 1 spiro atoms. The molecule has 0 radical (unpaired) electrons. The fourth-order valence-electron chi connectivity index (χ4n) is 4.48. The van der Waals surface area contributed by atoms with Crippen LogP contribution in [0.2, 0.25) is 0 Å². The van der Waals surface area contributed by atoms with Crippen LogP contribution in [0.25, 0.3) is 5.76 Å². The van der Waals surface area contributed by atoms with Crippen molar-refractivity contribution in [2.45, 2.75) is 24.5 Å². The Morgan fingerprint density at radius 2 is 1.76 bits per heavy atom. The fourth-order valence-corrected chi connectivity index (χ4v) is 5.74. The molecule has 2 aliphatic heterocycles. The number of allylic oxidation sites excluding steroid dienone is 1. The number of β-amino-alcohol motifs (C(OH)–C–C–N with tert-alkyl or cyclic N) is 1. The second-order valence-corrected chi connectivity index (χ2v) is 9.64. The third-order valence-corrected chi connectivity index (χ3v) is 7.66. The Labute approximate surface area is 195 Å². The number of ether oxygens (including phenoxy) is 2. The number of carbonyl (C=O) groups excluding carboxylic acids is 2. The smallest absolute Gasteiger partial charge is 0.243 e. The molecular formula is C25H24FNO5S. The van der Waals surface area contributed by atoms with Gasteiger partial charge in [-0.3, -0.25) is 9.59 Å². The lowest BCUT2D eigenvalue weighted by Crippen LogP contribution is -2.51. The van der Waals surface area contributed by atoms with Gasteiger partial charge >= 0.3 is 0 Å². The molecule has 33 heavy (non-hydrogen) atoms. The van der Waals surface area contributed by atoms with Crippen molar-refractivity contribution in [2.24, 2.45) is 0 Å². The number of fused-ring (bicyclic) bond motifs is 2. The Morgan fingerprint density at radius 1 is 1.06 bits per heavy atom. The van der Waals surface area contributed by atoms with E-state index < -0.39 is 23.3 Å². The summed E-state index contributed by atoms with van der Waals surface area (Å²) in [5, 5.41) is 10.4. The summed E-state index contributed by atoms with van der Waals surface area (Å²) in [6.45, 7) is 2.08. The minimum Gasteiger partial charge on any atom is -0.491 e. The van der Waals surface area contributed by atoms with Gasteiger partial charge in [0.1, 0.15) is 40.5 Å². The molecule has 8 heteroatoms. The molecule has 6 nitrogen and oxygen atoms in total. The molecule has 0 aromatic heterocycles. The lowest BCUT2D eigenvalue weighted by atomic mass is 9.90. The number of Topliss-reactive ketones (excluding diaryl/α,β-unsaturated/α-hetero) is 2. The van der Waals surface area contributed by atoms with Crippen molar-refractivity contribution in [1.82, 2.24) is 4.90 Å². The zero-order valence-electron chi connectivity index (χ0n) is 18.0. The van der Waals surface area contributed by atoms with Crippen LogP contribution in [0.1, 0.15) is 28.8 Å². The Bertz CT molecular complexity index is 1110. The zero-order chi connectivity index (χ0) is 23.0. The van der Waals surface area contributed by atoms with E-state index in [9.17, 15) is 19.1 Å². The summed E-state index contributed by atoms with van der Waals surface area (Å²) >= 11 is 1.42. The van der Waals surface area contributed by atoms with Crippen LogP contribution in [-0.2, 0) is 9.53 Å². The summed E-state index contributed by atoms with van der Waals surface area (Å²) in [6, 6.07) is 12.8. The molecule has 3 aliphatic rings. The number of hydrogen-bond donors (Lipinski definition) is 1. The van der Waals surface area contributed by atoms with Crippen molar-refractivity contribution in [1.29, 1.82) is 0 Å². The predicted molar refractivity (Wildman–Crippen MR) is 123 cm³/mol. The van der Waals surface area contributed by atoms with Crippen LogP contribution in [0.5, 0.6) is 5.75 Å². The maximum absolute atomic E-state index is 13.0. The molecule has 1 N–H and O–H groups in total. The molecule has 172 valence electrons. The van der Waals surface area contributed by atoms with E-state index in [2.05, 4.69) is 4.90 Å². The monoisotopic (exact) mass is 469 g/mol. The molecule has 0 amide bonds. The van der Waals surface area contributed by atoms with Gasteiger partial charge in [-0.05, 0) is 24.3 Å². The summed E-state index contributed by atoms with van der Waals surface area (Å²) in [4.78, 5) is 27.6. The topological polar surface area (TPSA) is 76.1 Å². The molecule has 1 aliphatic carbocycles. The number of hydrogen-bond acceptors (Lipinski definition) is 7. The second-order valence-electron chi connectivity index (χ2n) is 8.66. The highest BCUT2D eigenvalue weighted by Crippen LogP contribution is 2.47. The van der Waals surface area contributed by atoms with Gasteiger partial charge in [-0.2, -0.15) is 0 Å². The molecule has 1 atom stereocenters. The largest absolute Gasteiger partial charge is 0.491 e. The van der Waals surface area contributed by atoms with Gasteiger partial charge in [0.2, 0.25) is 11.6 Å². The molecule has 0 unspecified atom stereocenters.